The van der Waals surface area contributed by atoms with E-state index in [0.29, 0.717) is 18.2 Å². The van der Waals surface area contributed by atoms with Crippen LogP contribution in [0.25, 0.3) is 0 Å². The number of hydrogen-bond acceptors (Lipinski definition) is 5. The van der Waals surface area contributed by atoms with Gasteiger partial charge < -0.3 is 10.5 Å². The van der Waals surface area contributed by atoms with Crippen LogP contribution in [-0.4, -0.2) is 19.7 Å². The molecule has 0 saturated heterocycles. The third-order valence-corrected chi connectivity index (χ3v) is 2.15. The first-order chi connectivity index (χ1) is 7.81. The van der Waals surface area contributed by atoms with Gasteiger partial charge in [0.2, 0.25) is 0 Å². The fourth-order valence-corrected chi connectivity index (χ4v) is 1.33. The molecule has 2 rings (SSSR count). The summed E-state index contributed by atoms with van der Waals surface area (Å²) < 4.78 is 7.28. The molecule has 2 N–H and O–H groups in total. The first-order valence-electron chi connectivity index (χ1n) is 5.01. The molecule has 0 atom stereocenters. The van der Waals surface area contributed by atoms with Crippen molar-refractivity contribution in [2.75, 3.05) is 5.73 Å². The molecule has 6 nitrogen and oxygen atoms in total. The van der Waals surface area contributed by atoms with E-state index in [0.717, 1.165) is 12.4 Å². The number of ether oxygens (including phenoxy) is 1. The summed E-state index contributed by atoms with van der Waals surface area (Å²) >= 11 is 0. The van der Waals surface area contributed by atoms with Gasteiger partial charge in [0.1, 0.15) is 12.9 Å². The van der Waals surface area contributed by atoms with E-state index in [1.54, 1.807) is 23.0 Å². The second-order valence-electron chi connectivity index (χ2n) is 3.17. The Morgan fingerprint density at radius 1 is 1.44 bits per heavy atom. The van der Waals surface area contributed by atoms with E-state index < -0.39 is 0 Å². The average Bonchev–Trinajstić information content (AvgIpc) is 2.75. The van der Waals surface area contributed by atoms with Crippen molar-refractivity contribution in [1.29, 1.82) is 0 Å². The standard InChI is InChI=1S/C10H13N5O/c1-2-15-9(13-7-14-15)6-16-8-4-3-5-12-10(8)11/h3-5,7H,2,6H2,1H3,(H2,11,12). The van der Waals surface area contributed by atoms with Crippen molar-refractivity contribution in [3.63, 3.8) is 0 Å². The topological polar surface area (TPSA) is 78.8 Å². The van der Waals surface area contributed by atoms with Gasteiger partial charge in [0.15, 0.2) is 17.4 Å². The van der Waals surface area contributed by atoms with Crippen LogP contribution in [0.1, 0.15) is 12.7 Å². The molecule has 0 aliphatic carbocycles. The molecule has 0 bridgehead atoms. The lowest BCUT2D eigenvalue weighted by Crippen LogP contribution is -2.08. The highest BCUT2D eigenvalue weighted by Gasteiger charge is 2.05. The quantitative estimate of drug-likeness (QED) is 0.824. The summed E-state index contributed by atoms with van der Waals surface area (Å²) in [6.07, 6.45) is 3.13. The third kappa shape index (κ3) is 2.10. The molecule has 0 fully saturated rings. The summed E-state index contributed by atoms with van der Waals surface area (Å²) in [7, 11) is 0. The van der Waals surface area contributed by atoms with Gasteiger partial charge in [-0.3, -0.25) is 0 Å². The molecule has 84 valence electrons. The number of rotatable bonds is 4. The third-order valence-electron chi connectivity index (χ3n) is 2.15. The summed E-state index contributed by atoms with van der Waals surface area (Å²) in [4.78, 5) is 8.03. The molecule has 0 spiro atoms. The first-order valence-corrected chi connectivity index (χ1v) is 5.01. The summed E-state index contributed by atoms with van der Waals surface area (Å²) in [5, 5.41) is 4.05. The Morgan fingerprint density at radius 3 is 3.06 bits per heavy atom. The summed E-state index contributed by atoms with van der Waals surface area (Å²) in [6.45, 7) is 3.10. The molecular formula is C10H13N5O. The Morgan fingerprint density at radius 2 is 2.31 bits per heavy atom. The number of aromatic nitrogens is 4. The van der Waals surface area contributed by atoms with Crippen LogP contribution in [0.2, 0.25) is 0 Å². The van der Waals surface area contributed by atoms with Crippen molar-refractivity contribution in [1.82, 2.24) is 19.7 Å². The zero-order valence-corrected chi connectivity index (χ0v) is 9.00. The van der Waals surface area contributed by atoms with E-state index in [2.05, 4.69) is 15.1 Å². The highest BCUT2D eigenvalue weighted by Crippen LogP contribution is 2.17. The zero-order valence-electron chi connectivity index (χ0n) is 9.00. The average molecular weight is 219 g/mol. The van der Waals surface area contributed by atoms with Crippen LogP contribution in [0, 0.1) is 0 Å². The number of nitrogens with two attached hydrogens (primary N) is 1. The fourth-order valence-electron chi connectivity index (χ4n) is 1.33. The van der Waals surface area contributed by atoms with Crippen molar-refractivity contribution >= 4 is 5.82 Å². The minimum absolute atomic E-state index is 0.337. The summed E-state index contributed by atoms with van der Waals surface area (Å²) in [6, 6.07) is 3.55. The molecule has 0 saturated carbocycles. The minimum atomic E-state index is 0.337. The van der Waals surface area contributed by atoms with Crippen molar-refractivity contribution in [3.8, 4) is 5.75 Å². The monoisotopic (exact) mass is 219 g/mol. The maximum absolute atomic E-state index is 5.65. The smallest absolute Gasteiger partial charge is 0.166 e. The van der Waals surface area contributed by atoms with Crippen LogP contribution in [0.4, 0.5) is 5.82 Å². The Kier molecular flexibility index (Phi) is 3.00. The number of pyridine rings is 1. The lowest BCUT2D eigenvalue weighted by molar-refractivity contribution is 0.288. The molecular weight excluding hydrogens is 206 g/mol. The zero-order chi connectivity index (χ0) is 11.4. The van der Waals surface area contributed by atoms with Crippen molar-refractivity contribution in [2.45, 2.75) is 20.1 Å². The molecule has 0 aliphatic rings. The Hall–Kier alpha value is -2.11. The van der Waals surface area contributed by atoms with E-state index in [-0.39, 0.29) is 0 Å². The number of nitrogens with zero attached hydrogens (tertiary/aromatic N) is 4. The van der Waals surface area contributed by atoms with Crippen LogP contribution in [-0.2, 0) is 13.2 Å². The van der Waals surface area contributed by atoms with Gasteiger partial charge in [-0.25, -0.2) is 14.6 Å². The van der Waals surface area contributed by atoms with Gasteiger partial charge in [0.05, 0.1) is 0 Å². The molecule has 6 heteroatoms. The number of nitrogen functional groups attached to an aromatic ring is 1. The molecule has 2 aromatic heterocycles. The van der Waals surface area contributed by atoms with Crippen LogP contribution in [0.15, 0.2) is 24.7 Å². The Labute approximate surface area is 93.1 Å². The lowest BCUT2D eigenvalue weighted by atomic mass is 10.4. The van der Waals surface area contributed by atoms with Crippen molar-refractivity contribution in [2.24, 2.45) is 0 Å². The van der Waals surface area contributed by atoms with Crippen LogP contribution >= 0.6 is 0 Å². The Bertz CT molecular complexity index is 468. The van der Waals surface area contributed by atoms with Gasteiger partial charge in [-0.1, -0.05) is 0 Å². The van der Waals surface area contributed by atoms with E-state index in [4.69, 9.17) is 10.5 Å². The van der Waals surface area contributed by atoms with Gasteiger partial charge in [0.25, 0.3) is 0 Å². The number of anilines is 1. The molecule has 0 radical (unpaired) electrons. The van der Waals surface area contributed by atoms with Crippen LogP contribution in [0.5, 0.6) is 5.75 Å². The van der Waals surface area contributed by atoms with Crippen LogP contribution in [0.3, 0.4) is 0 Å². The van der Waals surface area contributed by atoms with Gasteiger partial charge in [-0.2, -0.15) is 5.10 Å². The molecule has 0 amide bonds. The predicted molar refractivity (Wildman–Crippen MR) is 58.7 cm³/mol. The van der Waals surface area contributed by atoms with Gasteiger partial charge in [-0.05, 0) is 19.1 Å². The minimum Gasteiger partial charge on any atom is -0.482 e. The normalized spacial score (nSPS) is 10.3. The van der Waals surface area contributed by atoms with Gasteiger partial charge in [0, 0.05) is 12.7 Å². The lowest BCUT2D eigenvalue weighted by Gasteiger charge is -2.07. The van der Waals surface area contributed by atoms with E-state index in [9.17, 15) is 0 Å². The molecule has 2 aromatic rings. The van der Waals surface area contributed by atoms with Gasteiger partial charge in [-0.15, -0.1) is 0 Å². The van der Waals surface area contributed by atoms with E-state index in [1.807, 2.05) is 6.92 Å². The van der Waals surface area contributed by atoms with E-state index in [1.165, 1.54) is 6.33 Å². The fraction of sp³-hybridized carbons (Fsp3) is 0.300. The molecule has 2 heterocycles. The first kappa shape index (κ1) is 10.4. The molecule has 0 aromatic carbocycles. The van der Waals surface area contributed by atoms with Crippen LogP contribution < -0.4 is 10.5 Å². The maximum atomic E-state index is 5.65. The van der Waals surface area contributed by atoms with E-state index >= 15 is 0 Å². The summed E-state index contributed by atoms with van der Waals surface area (Å²) in [5.74, 6) is 1.71. The summed E-state index contributed by atoms with van der Waals surface area (Å²) in [5.41, 5.74) is 5.65. The number of aryl methyl sites for hydroxylation is 1. The highest BCUT2D eigenvalue weighted by atomic mass is 16.5. The second-order valence-corrected chi connectivity index (χ2v) is 3.17. The second kappa shape index (κ2) is 4.61. The highest BCUT2D eigenvalue weighted by molar-refractivity contribution is 5.44. The molecule has 0 unspecified atom stereocenters. The Balaban J connectivity index is 2.05. The molecule has 16 heavy (non-hydrogen) atoms. The van der Waals surface area contributed by atoms with Crippen molar-refractivity contribution < 1.29 is 4.74 Å². The molecule has 0 aliphatic heterocycles. The predicted octanol–water partition coefficient (Wildman–Crippen LogP) is 0.854. The maximum Gasteiger partial charge on any atom is 0.166 e. The number of hydrogen-bond donors (Lipinski definition) is 1. The van der Waals surface area contributed by atoms with Gasteiger partial charge >= 0.3 is 0 Å². The van der Waals surface area contributed by atoms with Crippen molar-refractivity contribution in [3.05, 3.63) is 30.5 Å². The largest absolute Gasteiger partial charge is 0.482 e. The SMILES string of the molecule is CCn1ncnc1COc1cccnc1N.